The number of halogens is 3. The van der Waals surface area contributed by atoms with Crippen molar-refractivity contribution in [3.63, 3.8) is 0 Å². The Morgan fingerprint density at radius 2 is 1.47 bits per heavy atom. The second-order valence-electron chi connectivity index (χ2n) is 2.60. The lowest BCUT2D eigenvalue weighted by Gasteiger charge is -2.19. The van der Waals surface area contributed by atoms with E-state index < -0.39 is 6.72 Å². The number of rotatable bonds is 4. The molecule has 3 nitrogen and oxygen atoms in total. The van der Waals surface area contributed by atoms with Crippen molar-refractivity contribution < 1.29 is 13.6 Å². The standard InChI is InChI=1S/C8H8Cl3O3PS.Mg.2H/c1-12-15(16,13-2)14-8-4-6(10)5(9)3-7(8)11;;;/h3-4H,1-2H3;;;. The average Bonchev–Trinajstić information content (AvgIpc) is 2.25. The summed E-state index contributed by atoms with van der Waals surface area (Å²) in [4.78, 5) is 0. The Morgan fingerprint density at radius 3 is 1.94 bits per heavy atom. The van der Waals surface area contributed by atoms with Crippen molar-refractivity contribution in [1.82, 2.24) is 0 Å². The molecule has 0 heterocycles. The van der Waals surface area contributed by atoms with E-state index in [-0.39, 0.29) is 33.8 Å². The summed E-state index contributed by atoms with van der Waals surface area (Å²) in [6.07, 6.45) is 0. The van der Waals surface area contributed by atoms with E-state index in [0.29, 0.717) is 10.0 Å². The van der Waals surface area contributed by atoms with E-state index in [1.54, 1.807) is 0 Å². The van der Waals surface area contributed by atoms with Crippen molar-refractivity contribution in [1.29, 1.82) is 0 Å². The molecule has 0 saturated carbocycles. The number of benzene rings is 1. The second kappa shape index (κ2) is 7.73. The third-order valence-corrected chi connectivity index (χ3v) is 5.08. The first-order valence-electron chi connectivity index (χ1n) is 3.97. The zero-order valence-electron chi connectivity index (χ0n) is 8.37. The van der Waals surface area contributed by atoms with Gasteiger partial charge in [-0.25, -0.2) is 0 Å². The molecule has 0 bridgehead atoms. The molecule has 9 heteroatoms. The first-order chi connectivity index (χ1) is 7.41. The molecule has 0 aliphatic carbocycles. The van der Waals surface area contributed by atoms with Gasteiger partial charge in [0.15, 0.2) is 0 Å². The Balaban J connectivity index is 0.00000256. The minimum atomic E-state index is -2.82. The van der Waals surface area contributed by atoms with Crippen LogP contribution >= 0.6 is 41.5 Å². The summed E-state index contributed by atoms with van der Waals surface area (Å²) in [6, 6.07) is 2.93. The van der Waals surface area contributed by atoms with Crippen molar-refractivity contribution in [2.24, 2.45) is 0 Å². The van der Waals surface area contributed by atoms with Crippen molar-refractivity contribution in [3.05, 3.63) is 27.2 Å². The average molecular weight is 348 g/mol. The zero-order chi connectivity index (χ0) is 12.3. The van der Waals surface area contributed by atoms with Crippen LogP contribution in [0.2, 0.25) is 15.1 Å². The van der Waals surface area contributed by atoms with Crippen molar-refractivity contribution in [3.8, 4) is 5.75 Å². The largest absolute Gasteiger partial charge is 0.422 e. The van der Waals surface area contributed by atoms with Crippen LogP contribution in [0.4, 0.5) is 0 Å². The molecule has 0 aliphatic rings. The maximum absolute atomic E-state index is 5.91. The summed E-state index contributed by atoms with van der Waals surface area (Å²) in [5, 5.41) is 0.940. The molecule has 0 atom stereocenters. The molecular formula is C8H10Cl3MgO3PS. The molecule has 0 aromatic heterocycles. The molecule has 1 aromatic rings. The molecule has 0 fully saturated rings. The van der Waals surface area contributed by atoms with Crippen LogP contribution < -0.4 is 4.52 Å². The molecule has 0 spiro atoms. The van der Waals surface area contributed by atoms with Crippen molar-refractivity contribution in [2.45, 2.75) is 0 Å². The van der Waals surface area contributed by atoms with Gasteiger partial charge in [0, 0.05) is 32.1 Å². The number of hydrogen-bond acceptors (Lipinski definition) is 4. The first-order valence-corrected chi connectivity index (χ1v) is 7.66. The van der Waals surface area contributed by atoms with E-state index in [1.165, 1.54) is 26.4 Å². The van der Waals surface area contributed by atoms with Gasteiger partial charge in [0.25, 0.3) is 0 Å². The fourth-order valence-corrected chi connectivity index (χ4v) is 2.40. The van der Waals surface area contributed by atoms with Gasteiger partial charge in [0.2, 0.25) is 0 Å². The van der Waals surface area contributed by atoms with Gasteiger partial charge < -0.3 is 13.6 Å². The van der Waals surface area contributed by atoms with E-state index in [4.69, 9.17) is 60.2 Å². The fourth-order valence-electron chi connectivity index (χ4n) is 0.844. The second-order valence-corrected chi connectivity index (χ2v) is 6.97. The maximum atomic E-state index is 5.91. The van der Waals surface area contributed by atoms with Crippen LogP contribution in [-0.4, -0.2) is 37.3 Å². The topological polar surface area (TPSA) is 27.7 Å². The molecule has 0 aliphatic heterocycles. The summed E-state index contributed by atoms with van der Waals surface area (Å²) >= 11 is 22.5. The summed E-state index contributed by atoms with van der Waals surface area (Å²) in [7, 11) is 2.80. The van der Waals surface area contributed by atoms with Crippen LogP contribution in [0.25, 0.3) is 0 Å². The van der Waals surface area contributed by atoms with Gasteiger partial charge in [-0.3, -0.25) is 0 Å². The van der Waals surface area contributed by atoms with Gasteiger partial charge in [0.1, 0.15) is 5.75 Å². The lowest BCUT2D eigenvalue weighted by molar-refractivity contribution is 0.273. The quantitative estimate of drug-likeness (QED) is 0.472. The summed E-state index contributed by atoms with van der Waals surface area (Å²) in [5.74, 6) is 0.281. The Kier molecular flexibility index (Phi) is 8.29. The van der Waals surface area contributed by atoms with Gasteiger partial charge in [0.05, 0.1) is 15.1 Å². The van der Waals surface area contributed by atoms with Crippen LogP contribution in [0.3, 0.4) is 0 Å². The highest BCUT2D eigenvalue weighted by Gasteiger charge is 2.20. The van der Waals surface area contributed by atoms with E-state index in [1.807, 2.05) is 0 Å². The minimum absolute atomic E-state index is 0. The van der Waals surface area contributed by atoms with Crippen LogP contribution in [0.1, 0.15) is 0 Å². The van der Waals surface area contributed by atoms with Crippen molar-refractivity contribution >= 4 is 76.4 Å². The van der Waals surface area contributed by atoms with Gasteiger partial charge in [-0.05, 0) is 6.07 Å². The lowest BCUT2D eigenvalue weighted by Crippen LogP contribution is -1.97. The van der Waals surface area contributed by atoms with Gasteiger partial charge in [-0.2, -0.15) is 0 Å². The molecule has 0 amide bonds. The highest BCUT2D eigenvalue weighted by Crippen LogP contribution is 2.50. The molecule has 0 saturated heterocycles. The zero-order valence-corrected chi connectivity index (χ0v) is 12.3. The third kappa shape index (κ3) is 5.01. The van der Waals surface area contributed by atoms with E-state index >= 15 is 0 Å². The molecule has 1 aromatic carbocycles. The molecular weight excluding hydrogens is 338 g/mol. The summed E-state index contributed by atoms with van der Waals surface area (Å²) in [5.41, 5.74) is 0. The lowest BCUT2D eigenvalue weighted by atomic mass is 10.3. The monoisotopic (exact) mass is 346 g/mol. The van der Waals surface area contributed by atoms with Gasteiger partial charge in [-0.15, -0.1) is 0 Å². The predicted molar refractivity (Wildman–Crippen MR) is 78.9 cm³/mol. The van der Waals surface area contributed by atoms with Crippen LogP contribution in [0.15, 0.2) is 12.1 Å². The van der Waals surface area contributed by atoms with Gasteiger partial charge >= 0.3 is 29.8 Å². The Hall–Kier alpha value is 1.23. The van der Waals surface area contributed by atoms with Crippen LogP contribution in [0.5, 0.6) is 5.75 Å². The van der Waals surface area contributed by atoms with E-state index in [2.05, 4.69) is 0 Å². The molecule has 0 radical (unpaired) electrons. The van der Waals surface area contributed by atoms with Gasteiger partial charge in [-0.1, -0.05) is 34.8 Å². The first kappa shape index (κ1) is 18.2. The Bertz CT molecular complexity index is 438. The smallest absolute Gasteiger partial charge is 0.380 e. The van der Waals surface area contributed by atoms with E-state index in [0.717, 1.165) is 0 Å². The van der Waals surface area contributed by atoms with E-state index in [9.17, 15) is 0 Å². The molecule has 1 rings (SSSR count). The van der Waals surface area contributed by atoms with Crippen molar-refractivity contribution in [2.75, 3.05) is 14.2 Å². The SMILES string of the molecule is COP(=S)(OC)Oc1cc(Cl)c(Cl)cc1Cl.[MgH2]. The fraction of sp³-hybridized carbons (Fsp3) is 0.250. The van der Waals surface area contributed by atoms with Crippen LogP contribution in [-0.2, 0) is 20.9 Å². The minimum Gasteiger partial charge on any atom is -0.422 e. The third-order valence-electron chi connectivity index (χ3n) is 1.63. The molecule has 94 valence electrons. The molecule has 17 heavy (non-hydrogen) atoms. The Morgan fingerprint density at radius 1 is 1.00 bits per heavy atom. The normalized spacial score (nSPS) is 10.9. The summed E-state index contributed by atoms with van der Waals surface area (Å²) in [6.45, 7) is -2.82. The Labute approximate surface area is 136 Å². The predicted octanol–water partition coefficient (Wildman–Crippen LogP) is 3.63. The number of hydrogen-bond donors (Lipinski definition) is 0. The highest BCUT2D eigenvalue weighted by atomic mass is 35.5. The highest BCUT2D eigenvalue weighted by molar-refractivity contribution is 8.07. The summed E-state index contributed by atoms with van der Waals surface area (Å²) < 4.78 is 15.3. The maximum Gasteiger partial charge on any atom is 0.380 e. The van der Waals surface area contributed by atoms with Crippen LogP contribution in [0, 0.1) is 0 Å². The molecule has 0 N–H and O–H groups in total. The molecule has 0 unspecified atom stereocenters.